The van der Waals surface area contributed by atoms with Gasteiger partial charge in [-0.1, -0.05) is 12.1 Å². The van der Waals surface area contributed by atoms with Crippen LogP contribution in [-0.4, -0.2) is 28.1 Å². The summed E-state index contributed by atoms with van der Waals surface area (Å²) in [5.74, 6) is -1.52. The van der Waals surface area contributed by atoms with Crippen LogP contribution in [0.25, 0.3) is 0 Å². The molecule has 0 unspecified atom stereocenters. The van der Waals surface area contributed by atoms with Gasteiger partial charge in [-0.3, -0.25) is 9.59 Å². The average Bonchev–Trinajstić information content (AvgIpc) is 2.68. The molecular formula is C20H15F3N4O3. The number of anilines is 2. The number of hydrogen-bond acceptors (Lipinski definition) is 5. The van der Waals surface area contributed by atoms with Crippen molar-refractivity contribution in [2.24, 2.45) is 0 Å². The highest BCUT2D eigenvalue weighted by Gasteiger charge is 2.31. The lowest BCUT2D eigenvalue weighted by Gasteiger charge is -2.12. The number of benzene rings is 2. The molecule has 0 aliphatic heterocycles. The fourth-order valence-electron chi connectivity index (χ4n) is 2.54. The minimum absolute atomic E-state index is 0.106. The van der Waals surface area contributed by atoms with Gasteiger partial charge < -0.3 is 15.4 Å². The zero-order chi connectivity index (χ0) is 21.7. The SMILES string of the molecule is Cc1ccc(C(=O)Nc2cccc(OC(F)(F)F)c2)cc1C(=O)Nc1cncnc1. The largest absolute Gasteiger partial charge is 0.573 e. The summed E-state index contributed by atoms with van der Waals surface area (Å²) in [6, 6.07) is 9.37. The van der Waals surface area contributed by atoms with Crippen molar-refractivity contribution in [1.82, 2.24) is 9.97 Å². The van der Waals surface area contributed by atoms with E-state index >= 15 is 0 Å². The smallest absolute Gasteiger partial charge is 0.406 e. The van der Waals surface area contributed by atoms with Gasteiger partial charge in [-0.25, -0.2) is 9.97 Å². The van der Waals surface area contributed by atoms with Crippen molar-refractivity contribution in [2.75, 3.05) is 10.6 Å². The van der Waals surface area contributed by atoms with Crippen molar-refractivity contribution >= 4 is 23.2 Å². The van der Waals surface area contributed by atoms with Crippen LogP contribution in [-0.2, 0) is 0 Å². The summed E-state index contributed by atoms with van der Waals surface area (Å²) in [6.07, 6.45) is -0.675. The monoisotopic (exact) mass is 416 g/mol. The molecule has 7 nitrogen and oxygen atoms in total. The molecule has 0 fully saturated rings. The molecule has 0 atom stereocenters. The van der Waals surface area contributed by atoms with E-state index in [1.54, 1.807) is 13.0 Å². The summed E-state index contributed by atoms with van der Waals surface area (Å²) in [6.45, 7) is 1.70. The summed E-state index contributed by atoms with van der Waals surface area (Å²) < 4.78 is 40.9. The third-order valence-electron chi connectivity index (χ3n) is 3.89. The molecule has 0 radical (unpaired) electrons. The lowest BCUT2D eigenvalue weighted by Crippen LogP contribution is -2.18. The normalized spacial score (nSPS) is 10.9. The number of amides is 2. The summed E-state index contributed by atoms with van der Waals surface area (Å²) in [5, 5.41) is 5.11. The molecule has 2 N–H and O–H groups in total. The van der Waals surface area contributed by atoms with Gasteiger partial charge in [-0.2, -0.15) is 0 Å². The average molecular weight is 416 g/mol. The molecule has 0 saturated carbocycles. The molecule has 0 spiro atoms. The zero-order valence-electron chi connectivity index (χ0n) is 15.5. The van der Waals surface area contributed by atoms with Crippen molar-refractivity contribution in [3.8, 4) is 5.75 Å². The first kappa shape index (κ1) is 20.8. The van der Waals surface area contributed by atoms with Crippen molar-refractivity contribution in [1.29, 1.82) is 0 Å². The van der Waals surface area contributed by atoms with E-state index < -0.39 is 23.9 Å². The fraction of sp³-hybridized carbons (Fsp3) is 0.100. The molecule has 3 aromatic rings. The molecule has 10 heteroatoms. The summed E-state index contributed by atoms with van der Waals surface area (Å²) >= 11 is 0. The number of aromatic nitrogens is 2. The van der Waals surface area contributed by atoms with Crippen molar-refractivity contribution in [3.05, 3.63) is 77.9 Å². The Labute approximate surface area is 168 Å². The number of rotatable bonds is 5. The van der Waals surface area contributed by atoms with Crippen molar-refractivity contribution < 1.29 is 27.5 Å². The van der Waals surface area contributed by atoms with Crippen LogP contribution in [0.5, 0.6) is 5.75 Å². The van der Waals surface area contributed by atoms with Crippen LogP contribution in [0.3, 0.4) is 0 Å². The molecule has 3 rings (SSSR count). The van der Waals surface area contributed by atoms with Gasteiger partial charge in [0.2, 0.25) is 0 Å². The van der Waals surface area contributed by atoms with Crippen LogP contribution in [0.15, 0.2) is 61.2 Å². The predicted octanol–water partition coefficient (Wildman–Crippen LogP) is 4.19. The Morgan fingerprint density at radius 2 is 1.63 bits per heavy atom. The Bertz CT molecular complexity index is 1070. The van der Waals surface area contributed by atoms with Gasteiger partial charge in [0.15, 0.2) is 0 Å². The van der Waals surface area contributed by atoms with Gasteiger partial charge >= 0.3 is 6.36 Å². The van der Waals surface area contributed by atoms with E-state index in [2.05, 4.69) is 25.3 Å². The first-order chi connectivity index (χ1) is 14.2. The number of hydrogen-bond donors (Lipinski definition) is 2. The van der Waals surface area contributed by atoms with Crippen molar-refractivity contribution in [3.63, 3.8) is 0 Å². The second-order valence-electron chi connectivity index (χ2n) is 6.14. The Hall–Kier alpha value is -3.95. The topological polar surface area (TPSA) is 93.2 Å². The van der Waals surface area contributed by atoms with Gasteiger partial charge in [0.05, 0.1) is 18.1 Å². The minimum atomic E-state index is -4.84. The highest BCUT2D eigenvalue weighted by molar-refractivity contribution is 6.09. The van der Waals surface area contributed by atoms with Crippen LogP contribution in [0.2, 0.25) is 0 Å². The number of carbonyl (C=O) groups excluding carboxylic acids is 2. The number of ether oxygens (including phenoxy) is 1. The molecule has 1 heterocycles. The molecule has 0 aliphatic carbocycles. The summed E-state index contributed by atoms with van der Waals surface area (Å²) in [7, 11) is 0. The lowest BCUT2D eigenvalue weighted by molar-refractivity contribution is -0.274. The Balaban J connectivity index is 1.76. The first-order valence-electron chi connectivity index (χ1n) is 8.55. The van der Waals surface area contributed by atoms with Gasteiger partial charge in [-0.15, -0.1) is 13.2 Å². The van der Waals surface area contributed by atoms with Crippen LogP contribution < -0.4 is 15.4 Å². The van der Waals surface area contributed by atoms with Gasteiger partial charge in [-0.05, 0) is 36.8 Å². The highest BCUT2D eigenvalue weighted by atomic mass is 19.4. The fourth-order valence-corrected chi connectivity index (χ4v) is 2.54. The zero-order valence-corrected chi connectivity index (χ0v) is 15.5. The van der Waals surface area contributed by atoms with E-state index in [-0.39, 0.29) is 16.8 Å². The van der Waals surface area contributed by atoms with E-state index in [1.165, 1.54) is 43.0 Å². The Kier molecular flexibility index (Phi) is 5.95. The van der Waals surface area contributed by atoms with Crippen LogP contribution in [0.1, 0.15) is 26.3 Å². The predicted molar refractivity (Wildman–Crippen MR) is 102 cm³/mol. The van der Waals surface area contributed by atoms with Crippen LogP contribution in [0, 0.1) is 6.92 Å². The molecule has 1 aromatic heterocycles. The Morgan fingerprint density at radius 1 is 0.933 bits per heavy atom. The third-order valence-corrected chi connectivity index (χ3v) is 3.89. The summed E-state index contributed by atoms with van der Waals surface area (Å²) in [4.78, 5) is 32.7. The van der Waals surface area contributed by atoms with Crippen molar-refractivity contribution in [2.45, 2.75) is 13.3 Å². The van der Waals surface area contributed by atoms with E-state index in [0.717, 1.165) is 12.1 Å². The summed E-state index contributed by atoms with van der Waals surface area (Å²) in [5.41, 5.74) is 1.52. The second kappa shape index (κ2) is 8.60. The molecule has 0 aliphatic rings. The van der Waals surface area contributed by atoms with E-state index in [0.29, 0.717) is 11.3 Å². The van der Waals surface area contributed by atoms with Crippen LogP contribution in [0.4, 0.5) is 24.5 Å². The number of carbonyl (C=O) groups is 2. The number of nitrogens with zero attached hydrogens (tertiary/aromatic N) is 2. The third kappa shape index (κ3) is 5.53. The lowest BCUT2D eigenvalue weighted by atomic mass is 10.0. The molecule has 0 bridgehead atoms. The maximum Gasteiger partial charge on any atom is 0.573 e. The number of aryl methyl sites for hydroxylation is 1. The Morgan fingerprint density at radius 3 is 2.33 bits per heavy atom. The minimum Gasteiger partial charge on any atom is -0.406 e. The van der Waals surface area contributed by atoms with Gasteiger partial charge in [0.1, 0.15) is 12.1 Å². The number of halogens is 3. The van der Waals surface area contributed by atoms with Crippen LogP contribution >= 0.6 is 0 Å². The molecule has 2 aromatic carbocycles. The molecule has 0 saturated heterocycles. The maximum atomic E-state index is 12.5. The maximum absolute atomic E-state index is 12.5. The molecule has 30 heavy (non-hydrogen) atoms. The van der Waals surface area contributed by atoms with E-state index in [4.69, 9.17) is 0 Å². The number of nitrogens with one attached hydrogen (secondary N) is 2. The standard InChI is InChI=1S/C20H15F3N4O3/c1-12-5-6-13(7-17(12)19(29)27-15-9-24-11-25-10-15)18(28)26-14-3-2-4-16(8-14)30-20(21,22)23/h2-11H,1H3,(H,26,28)(H,27,29). The first-order valence-corrected chi connectivity index (χ1v) is 8.55. The quantitative estimate of drug-likeness (QED) is 0.651. The molecular weight excluding hydrogens is 401 g/mol. The second-order valence-corrected chi connectivity index (χ2v) is 6.14. The van der Waals surface area contributed by atoms with Gasteiger partial charge in [0, 0.05) is 22.9 Å². The molecule has 154 valence electrons. The number of alkyl halides is 3. The van der Waals surface area contributed by atoms with Gasteiger partial charge in [0.25, 0.3) is 11.8 Å². The molecule has 2 amide bonds. The van der Waals surface area contributed by atoms with E-state index in [1.807, 2.05) is 0 Å². The van der Waals surface area contributed by atoms with E-state index in [9.17, 15) is 22.8 Å². The highest BCUT2D eigenvalue weighted by Crippen LogP contribution is 2.25.